The van der Waals surface area contributed by atoms with Crippen LogP contribution in [0.2, 0.25) is 0 Å². The molecule has 1 aromatic carbocycles. The maximum absolute atomic E-state index is 13.5. The van der Waals surface area contributed by atoms with E-state index >= 15 is 0 Å². The van der Waals surface area contributed by atoms with Gasteiger partial charge in [0.1, 0.15) is 5.82 Å². The molecule has 0 fully saturated rings. The molecule has 0 aromatic heterocycles. The van der Waals surface area contributed by atoms with Gasteiger partial charge >= 0.3 is 0 Å². The van der Waals surface area contributed by atoms with Crippen molar-refractivity contribution in [3.63, 3.8) is 0 Å². The number of nitrogens with zero attached hydrogens (tertiary/aromatic N) is 1. The van der Waals surface area contributed by atoms with Crippen LogP contribution in [-0.4, -0.2) is 21.1 Å². The van der Waals surface area contributed by atoms with Crippen molar-refractivity contribution < 1.29 is 4.39 Å². The second-order valence-electron chi connectivity index (χ2n) is 3.15. The van der Waals surface area contributed by atoms with Gasteiger partial charge in [-0.15, -0.1) is 0 Å². The Morgan fingerprint density at radius 2 is 2.20 bits per heavy atom. The molecule has 6 heteroatoms. The van der Waals surface area contributed by atoms with Gasteiger partial charge in [-0.3, -0.25) is 0 Å². The summed E-state index contributed by atoms with van der Waals surface area (Å²) < 4.78 is 13.5. The van der Waals surface area contributed by atoms with Gasteiger partial charge in [-0.2, -0.15) is 0 Å². The van der Waals surface area contributed by atoms with Crippen LogP contribution in [0.5, 0.6) is 0 Å². The van der Waals surface area contributed by atoms with Crippen molar-refractivity contribution >= 4 is 13.7 Å². The molecule has 0 amide bonds. The number of hydrazine groups is 1. The summed E-state index contributed by atoms with van der Waals surface area (Å²) in [5, 5.41) is 3.74. The molecule has 0 bridgehead atoms. The Labute approximate surface area is 89.8 Å². The van der Waals surface area contributed by atoms with E-state index in [9.17, 15) is 4.39 Å². The Bertz CT molecular complexity index is 321. The SMILES string of the molecule is [B]NCc1ccc(N(N)CCN)c(F)c1. The molecule has 0 aliphatic carbocycles. The molecule has 0 saturated carbocycles. The Morgan fingerprint density at radius 3 is 2.73 bits per heavy atom. The fraction of sp³-hybridized carbons (Fsp3) is 0.333. The average molecular weight is 208 g/mol. The molecule has 4 nitrogen and oxygen atoms in total. The molecule has 80 valence electrons. The number of nitrogens with one attached hydrogen (secondary N) is 1. The molecule has 0 aliphatic rings. The normalized spacial score (nSPS) is 10.3. The van der Waals surface area contributed by atoms with Crippen molar-refractivity contribution in [3.05, 3.63) is 29.6 Å². The zero-order valence-electron chi connectivity index (χ0n) is 8.41. The molecule has 0 aliphatic heterocycles. The average Bonchev–Trinajstić information content (AvgIpc) is 2.18. The summed E-state index contributed by atoms with van der Waals surface area (Å²) in [5.41, 5.74) is 6.42. The summed E-state index contributed by atoms with van der Waals surface area (Å²) in [4.78, 5) is 0. The summed E-state index contributed by atoms with van der Waals surface area (Å²) in [7, 11) is 5.13. The van der Waals surface area contributed by atoms with Gasteiger partial charge in [0.05, 0.1) is 5.69 Å². The molecule has 2 radical (unpaired) electrons. The summed E-state index contributed by atoms with van der Waals surface area (Å²) in [5.74, 6) is 5.23. The summed E-state index contributed by atoms with van der Waals surface area (Å²) >= 11 is 0. The number of anilines is 1. The van der Waals surface area contributed by atoms with Crippen LogP contribution in [0.4, 0.5) is 10.1 Å². The standard InChI is InChI=1S/C9H14BFN4/c10-14-6-7-1-2-9(8(11)5-7)15(13)4-3-12/h1-2,5,14H,3-4,6,12-13H2. The van der Waals surface area contributed by atoms with Gasteiger partial charge in [-0.1, -0.05) is 6.07 Å². The predicted molar refractivity (Wildman–Crippen MR) is 59.6 cm³/mol. The molecule has 1 aromatic rings. The van der Waals surface area contributed by atoms with E-state index in [1.165, 1.54) is 11.1 Å². The summed E-state index contributed by atoms with van der Waals surface area (Å²) in [6, 6.07) is 4.76. The van der Waals surface area contributed by atoms with E-state index in [0.717, 1.165) is 5.56 Å². The topological polar surface area (TPSA) is 67.3 Å². The third-order valence-electron chi connectivity index (χ3n) is 2.00. The van der Waals surface area contributed by atoms with Gasteiger partial charge < -0.3 is 16.0 Å². The van der Waals surface area contributed by atoms with Crippen molar-refractivity contribution in [3.8, 4) is 0 Å². The van der Waals surface area contributed by atoms with Crippen LogP contribution in [0.1, 0.15) is 5.56 Å². The molecule has 0 saturated heterocycles. The molecule has 5 N–H and O–H groups in total. The number of halogens is 1. The summed E-state index contributed by atoms with van der Waals surface area (Å²) in [6.07, 6.45) is 0. The quantitative estimate of drug-likeness (QED) is 0.351. The first-order valence-electron chi connectivity index (χ1n) is 4.63. The van der Waals surface area contributed by atoms with Crippen molar-refractivity contribution in [1.29, 1.82) is 0 Å². The van der Waals surface area contributed by atoms with E-state index in [2.05, 4.69) is 5.23 Å². The van der Waals surface area contributed by atoms with Crippen LogP contribution in [0.3, 0.4) is 0 Å². The fourth-order valence-corrected chi connectivity index (χ4v) is 1.27. The number of benzene rings is 1. The van der Waals surface area contributed by atoms with Gasteiger partial charge in [-0.05, 0) is 17.7 Å². The lowest BCUT2D eigenvalue weighted by Crippen LogP contribution is -2.36. The van der Waals surface area contributed by atoms with Crippen LogP contribution < -0.4 is 21.8 Å². The highest BCUT2D eigenvalue weighted by atomic mass is 19.1. The van der Waals surface area contributed by atoms with E-state index in [4.69, 9.17) is 19.6 Å². The largest absolute Gasteiger partial charge is 0.363 e. The number of rotatable bonds is 5. The van der Waals surface area contributed by atoms with Crippen LogP contribution in [-0.2, 0) is 6.54 Å². The zero-order valence-corrected chi connectivity index (χ0v) is 8.41. The van der Waals surface area contributed by atoms with Gasteiger partial charge in [0.25, 0.3) is 0 Å². The van der Waals surface area contributed by atoms with Crippen molar-refractivity contribution in [1.82, 2.24) is 5.23 Å². The number of hydrogen-bond donors (Lipinski definition) is 3. The van der Waals surface area contributed by atoms with Gasteiger partial charge in [0, 0.05) is 19.6 Å². The third kappa shape index (κ3) is 3.19. The lowest BCUT2D eigenvalue weighted by atomic mass is 10.1. The first kappa shape index (κ1) is 12.0. The lowest BCUT2D eigenvalue weighted by Gasteiger charge is -2.18. The van der Waals surface area contributed by atoms with Gasteiger partial charge in [-0.25, -0.2) is 10.2 Å². The lowest BCUT2D eigenvalue weighted by molar-refractivity contribution is 0.616. The summed E-state index contributed by atoms with van der Waals surface area (Å²) in [6.45, 7) is 1.20. The third-order valence-corrected chi connectivity index (χ3v) is 2.00. The molecule has 0 heterocycles. The minimum absolute atomic E-state index is 0.334. The number of hydrogen-bond acceptors (Lipinski definition) is 4. The Balaban J connectivity index is 2.82. The van der Waals surface area contributed by atoms with Gasteiger partial charge in [0.2, 0.25) is 0 Å². The van der Waals surface area contributed by atoms with Crippen LogP contribution in [0, 0.1) is 5.82 Å². The smallest absolute Gasteiger partial charge is 0.178 e. The predicted octanol–water partition coefficient (Wildman–Crippen LogP) is -0.362. The minimum atomic E-state index is -0.376. The Morgan fingerprint density at radius 1 is 1.47 bits per heavy atom. The van der Waals surface area contributed by atoms with E-state index in [1.807, 2.05) is 0 Å². The fourth-order valence-electron chi connectivity index (χ4n) is 1.27. The second-order valence-corrected chi connectivity index (χ2v) is 3.15. The second kappa shape index (κ2) is 5.70. The van der Waals surface area contributed by atoms with E-state index in [0.29, 0.717) is 25.3 Å². The molecule has 0 spiro atoms. The van der Waals surface area contributed by atoms with Crippen LogP contribution >= 0.6 is 0 Å². The van der Waals surface area contributed by atoms with Crippen molar-refractivity contribution in [2.24, 2.45) is 11.6 Å². The number of nitrogens with two attached hydrogens (primary N) is 2. The highest BCUT2D eigenvalue weighted by Crippen LogP contribution is 2.17. The van der Waals surface area contributed by atoms with E-state index in [-0.39, 0.29) is 5.82 Å². The highest BCUT2D eigenvalue weighted by molar-refractivity contribution is 6.04. The first-order valence-corrected chi connectivity index (χ1v) is 4.63. The minimum Gasteiger partial charge on any atom is -0.363 e. The first-order chi connectivity index (χ1) is 7.19. The molecule has 1 rings (SSSR count). The van der Waals surface area contributed by atoms with Crippen molar-refractivity contribution in [2.75, 3.05) is 18.1 Å². The van der Waals surface area contributed by atoms with Gasteiger partial charge in [0.15, 0.2) is 7.98 Å². The Hall–Kier alpha value is -1.11. The van der Waals surface area contributed by atoms with Crippen LogP contribution in [0.25, 0.3) is 0 Å². The highest BCUT2D eigenvalue weighted by Gasteiger charge is 2.07. The molecular weight excluding hydrogens is 194 g/mol. The van der Waals surface area contributed by atoms with E-state index in [1.54, 1.807) is 12.1 Å². The maximum Gasteiger partial charge on any atom is 0.178 e. The van der Waals surface area contributed by atoms with E-state index < -0.39 is 0 Å². The van der Waals surface area contributed by atoms with Crippen molar-refractivity contribution in [2.45, 2.75) is 6.54 Å². The molecular formula is C9H14BFN4. The van der Waals surface area contributed by atoms with Crippen LogP contribution in [0.15, 0.2) is 18.2 Å². The monoisotopic (exact) mass is 208 g/mol. The zero-order chi connectivity index (χ0) is 11.3. The molecule has 0 unspecified atom stereocenters. The maximum atomic E-state index is 13.5. The molecule has 0 atom stereocenters. The Kier molecular flexibility index (Phi) is 4.55. The molecule has 15 heavy (non-hydrogen) atoms.